The van der Waals surface area contributed by atoms with Gasteiger partial charge in [-0.3, -0.25) is 0 Å². The van der Waals surface area contributed by atoms with Gasteiger partial charge in [-0.15, -0.1) is 0 Å². The first-order valence-electron chi connectivity index (χ1n) is 8.93. The minimum Gasteiger partial charge on any atom is -0.0533 e. The molecule has 0 aromatic rings. The van der Waals surface area contributed by atoms with Crippen LogP contribution in [0, 0.1) is 23.7 Å². The van der Waals surface area contributed by atoms with Crippen LogP contribution in [0.15, 0.2) is 0 Å². The van der Waals surface area contributed by atoms with E-state index >= 15 is 0 Å². The molecule has 0 saturated heterocycles. The molecule has 3 aliphatic carbocycles. The van der Waals surface area contributed by atoms with Crippen LogP contribution in [0.25, 0.3) is 0 Å². The van der Waals surface area contributed by atoms with Crippen LogP contribution >= 0.6 is 0 Å². The van der Waals surface area contributed by atoms with Gasteiger partial charge in [0.05, 0.1) is 0 Å². The summed E-state index contributed by atoms with van der Waals surface area (Å²) < 4.78 is 0. The second kappa shape index (κ2) is 6.44. The predicted octanol–water partition coefficient (Wildman–Crippen LogP) is 5.95. The minimum absolute atomic E-state index is 1.12. The lowest BCUT2D eigenvalue weighted by Crippen LogP contribution is -2.24. The topological polar surface area (TPSA) is 0 Å². The highest BCUT2D eigenvalue weighted by atomic mass is 14.4. The van der Waals surface area contributed by atoms with Gasteiger partial charge in [0.25, 0.3) is 0 Å². The standard InChI is InChI=1S/C18H32/c1-2-4-8-15(7-3-1)17-11-13-18(14-12-17)16-9-5-6-10-16/h15-18H,1-14H2. The molecule has 18 heavy (non-hydrogen) atoms. The van der Waals surface area contributed by atoms with Gasteiger partial charge >= 0.3 is 0 Å². The molecular formula is C18H32. The lowest BCUT2D eigenvalue weighted by atomic mass is 9.70. The number of rotatable bonds is 2. The van der Waals surface area contributed by atoms with Crippen molar-refractivity contribution in [2.24, 2.45) is 23.7 Å². The van der Waals surface area contributed by atoms with Crippen molar-refractivity contribution in [3.8, 4) is 0 Å². The SMILES string of the molecule is C1CCCC(C2CCC(C3CCCC3)CC2)CC1. The van der Waals surface area contributed by atoms with Crippen LogP contribution < -0.4 is 0 Å². The highest BCUT2D eigenvalue weighted by Gasteiger charge is 2.32. The second-order valence-corrected chi connectivity index (χ2v) is 7.47. The predicted molar refractivity (Wildman–Crippen MR) is 78.6 cm³/mol. The van der Waals surface area contributed by atoms with Crippen molar-refractivity contribution >= 4 is 0 Å². The molecule has 104 valence electrons. The molecule has 0 nitrogen and oxygen atoms in total. The molecule has 0 atom stereocenters. The Hall–Kier alpha value is 0. The number of hydrogen-bond donors (Lipinski definition) is 0. The molecule has 0 spiro atoms. The molecule has 0 unspecified atom stereocenters. The zero-order valence-corrected chi connectivity index (χ0v) is 12.2. The van der Waals surface area contributed by atoms with E-state index in [0.717, 1.165) is 23.7 Å². The van der Waals surface area contributed by atoms with Crippen LogP contribution in [0.1, 0.15) is 89.9 Å². The molecule has 3 fully saturated rings. The maximum absolute atomic E-state index is 1.59. The first-order chi connectivity index (χ1) is 8.93. The highest BCUT2D eigenvalue weighted by molar-refractivity contribution is 4.83. The summed E-state index contributed by atoms with van der Waals surface area (Å²) in [5.74, 6) is 4.52. The average Bonchev–Trinajstić information content (AvgIpc) is 2.82. The van der Waals surface area contributed by atoms with E-state index in [2.05, 4.69) is 0 Å². The maximum atomic E-state index is 1.59. The van der Waals surface area contributed by atoms with Gasteiger partial charge in [-0.1, -0.05) is 64.2 Å². The van der Waals surface area contributed by atoms with Crippen LogP contribution in [0.3, 0.4) is 0 Å². The van der Waals surface area contributed by atoms with E-state index in [1.165, 1.54) is 38.5 Å². The monoisotopic (exact) mass is 248 g/mol. The zero-order chi connectivity index (χ0) is 12.2. The van der Waals surface area contributed by atoms with Gasteiger partial charge in [0.1, 0.15) is 0 Å². The second-order valence-electron chi connectivity index (χ2n) is 7.47. The van der Waals surface area contributed by atoms with Crippen molar-refractivity contribution in [1.82, 2.24) is 0 Å². The first-order valence-corrected chi connectivity index (χ1v) is 8.93. The average molecular weight is 248 g/mol. The maximum Gasteiger partial charge on any atom is -0.0386 e. The molecule has 0 bridgehead atoms. The van der Waals surface area contributed by atoms with Gasteiger partial charge < -0.3 is 0 Å². The van der Waals surface area contributed by atoms with Crippen LogP contribution in [-0.4, -0.2) is 0 Å². The van der Waals surface area contributed by atoms with Crippen LogP contribution in [-0.2, 0) is 0 Å². The smallest absolute Gasteiger partial charge is 0.0386 e. The summed E-state index contributed by atoms with van der Waals surface area (Å²) in [6.07, 6.45) is 21.8. The van der Waals surface area contributed by atoms with Crippen LogP contribution in [0.2, 0.25) is 0 Å². The normalized spacial score (nSPS) is 36.7. The Bertz CT molecular complexity index is 222. The quantitative estimate of drug-likeness (QED) is 0.529. The van der Waals surface area contributed by atoms with E-state index in [-0.39, 0.29) is 0 Å². The Morgan fingerprint density at radius 2 is 0.556 bits per heavy atom. The molecule has 0 aromatic carbocycles. The Morgan fingerprint density at radius 3 is 0.944 bits per heavy atom. The summed E-state index contributed by atoms with van der Waals surface area (Å²) >= 11 is 0. The lowest BCUT2D eigenvalue weighted by molar-refractivity contribution is 0.154. The summed E-state index contributed by atoms with van der Waals surface area (Å²) in [7, 11) is 0. The van der Waals surface area contributed by atoms with Crippen molar-refractivity contribution in [3.05, 3.63) is 0 Å². The van der Waals surface area contributed by atoms with Gasteiger partial charge in [0, 0.05) is 0 Å². The van der Waals surface area contributed by atoms with E-state index in [1.807, 2.05) is 0 Å². The van der Waals surface area contributed by atoms with Gasteiger partial charge in [-0.2, -0.15) is 0 Å². The number of hydrogen-bond acceptors (Lipinski definition) is 0. The summed E-state index contributed by atoms with van der Waals surface area (Å²) in [6, 6.07) is 0. The van der Waals surface area contributed by atoms with Gasteiger partial charge in [0.15, 0.2) is 0 Å². The fourth-order valence-electron chi connectivity index (χ4n) is 5.30. The van der Waals surface area contributed by atoms with Crippen molar-refractivity contribution < 1.29 is 0 Å². The van der Waals surface area contributed by atoms with E-state index in [9.17, 15) is 0 Å². The van der Waals surface area contributed by atoms with Gasteiger partial charge in [-0.25, -0.2) is 0 Å². The molecule has 3 aliphatic rings. The Labute approximate surface area is 114 Å². The first kappa shape index (κ1) is 13.0. The summed E-state index contributed by atoms with van der Waals surface area (Å²) in [4.78, 5) is 0. The molecule has 0 aliphatic heterocycles. The third-order valence-electron chi connectivity index (χ3n) is 6.45. The zero-order valence-electron chi connectivity index (χ0n) is 12.2. The fraction of sp³-hybridized carbons (Fsp3) is 1.00. The Morgan fingerprint density at radius 1 is 0.278 bits per heavy atom. The van der Waals surface area contributed by atoms with Crippen LogP contribution in [0.4, 0.5) is 0 Å². The van der Waals surface area contributed by atoms with Crippen LogP contribution in [0.5, 0.6) is 0 Å². The van der Waals surface area contributed by atoms with E-state index in [4.69, 9.17) is 0 Å². The summed E-state index contributed by atoms with van der Waals surface area (Å²) in [5, 5.41) is 0. The molecule has 0 amide bonds. The van der Waals surface area contributed by atoms with E-state index in [0.29, 0.717) is 0 Å². The van der Waals surface area contributed by atoms with Crippen molar-refractivity contribution in [3.63, 3.8) is 0 Å². The van der Waals surface area contributed by atoms with E-state index in [1.54, 1.807) is 51.4 Å². The van der Waals surface area contributed by atoms with Crippen molar-refractivity contribution in [2.75, 3.05) is 0 Å². The van der Waals surface area contributed by atoms with Gasteiger partial charge in [-0.05, 0) is 49.4 Å². The molecule has 0 heteroatoms. The summed E-state index contributed by atoms with van der Waals surface area (Å²) in [5.41, 5.74) is 0. The molecule has 3 rings (SSSR count). The van der Waals surface area contributed by atoms with Crippen molar-refractivity contribution in [1.29, 1.82) is 0 Å². The molecule has 0 N–H and O–H groups in total. The molecular weight excluding hydrogens is 216 g/mol. The molecule has 3 saturated carbocycles. The molecule has 0 radical (unpaired) electrons. The van der Waals surface area contributed by atoms with Crippen molar-refractivity contribution in [2.45, 2.75) is 89.9 Å². The van der Waals surface area contributed by atoms with Gasteiger partial charge in [0.2, 0.25) is 0 Å². The third kappa shape index (κ3) is 3.11. The Kier molecular flexibility index (Phi) is 4.65. The fourth-order valence-corrected chi connectivity index (χ4v) is 5.30. The minimum atomic E-state index is 1.12. The highest BCUT2D eigenvalue weighted by Crippen LogP contribution is 2.44. The summed E-state index contributed by atoms with van der Waals surface area (Å²) in [6.45, 7) is 0. The Balaban J connectivity index is 1.46. The van der Waals surface area contributed by atoms with E-state index < -0.39 is 0 Å². The third-order valence-corrected chi connectivity index (χ3v) is 6.45. The largest absolute Gasteiger partial charge is 0.0533 e. The molecule has 0 aromatic heterocycles. The molecule has 0 heterocycles. The lowest BCUT2D eigenvalue weighted by Gasteiger charge is -2.36.